The zero-order valence-corrected chi connectivity index (χ0v) is 10.6. The second-order valence-corrected chi connectivity index (χ2v) is 4.37. The van der Waals surface area contributed by atoms with Crippen molar-refractivity contribution in [3.63, 3.8) is 0 Å². The zero-order chi connectivity index (χ0) is 11.2. The quantitative estimate of drug-likeness (QED) is 0.710. The third-order valence-corrected chi connectivity index (χ3v) is 3.55. The third-order valence-electron chi connectivity index (χ3n) is 2.37. The molecule has 0 rings (SSSR count). The molecule has 0 aromatic carbocycles. The first kappa shape index (κ1) is 14.1. The fourth-order valence-corrected chi connectivity index (χ4v) is 1.58. The third kappa shape index (κ3) is 4.05. The summed E-state index contributed by atoms with van der Waals surface area (Å²) in [5.74, 6) is 0.796. The van der Waals surface area contributed by atoms with Crippen molar-refractivity contribution >= 4 is 29.1 Å². The minimum absolute atomic E-state index is 0.0544. The van der Waals surface area contributed by atoms with Gasteiger partial charge in [-0.2, -0.15) is 0 Å². The van der Waals surface area contributed by atoms with Crippen LogP contribution in [-0.4, -0.2) is 23.2 Å². The summed E-state index contributed by atoms with van der Waals surface area (Å²) in [5.41, 5.74) is -0.483. The van der Waals surface area contributed by atoms with Crippen LogP contribution in [0.4, 0.5) is 0 Å². The van der Waals surface area contributed by atoms with E-state index in [1.165, 1.54) is 0 Å². The number of carbonyl (C=O) groups excluding carboxylic acids is 1. The number of hydrogen-bond acceptors (Lipinski definition) is 1. The molecular weight excluding hydrogens is 221 g/mol. The highest BCUT2D eigenvalue weighted by Crippen LogP contribution is 2.13. The van der Waals surface area contributed by atoms with Gasteiger partial charge in [0.15, 0.2) is 0 Å². The minimum Gasteiger partial charge on any atom is -0.348 e. The molecular formula is C10H19Cl2NO. The zero-order valence-electron chi connectivity index (χ0n) is 9.07. The molecule has 14 heavy (non-hydrogen) atoms. The highest BCUT2D eigenvalue weighted by molar-refractivity contribution is 6.22. The van der Waals surface area contributed by atoms with Gasteiger partial charge in [0.2, 0.25) is 5.91 Å². The molecule has 0 aliphatic carbocycles. The first-order valence-corrected chi connectivity index (χ1v) is 6.03. The predicted octanol–water partition coefficient (Wildman–Crippen LogP) is 2.78. The van der Waals surface area contributed by atoms with E-state index in [1.807, 2.05) is 20.8 Å². The lowest BCUT2D eigenvalue weighted by Crippen LogP contribution is -2.51. The largest absolute Gasteiger partial charge is 0.348 e. The summed E-state index contributed by atoms with van der Waals surface area (Å²) in [7, 11) is 0. The Morgan fingerprint density at radius 1 is 1.29 bits per heavy atom. The summed E-state index contributed by atoms with van der Waals surface area (Å²) >= 11 is 11.5. The minimum atomic E-state index is -0.483. The van der Waals surface area contributed by atoms with E-state index < -0.39 is 5.54 Å². The summed E-state index contributed by atoms with van der Waals surface area (Å²) in [6.45, 7) is 5.87. The Hall–Kier alpha value is 0.0500. The van der Waals surface area contributed by atoms with E-state index in [4.69, 9.17) is 23.2 Å². The van der Waals surface area contributed by atoms with E-state index in [-0.39, 0.29) is 11.8 Å². The van der Waals surface area contributed by atoms with E-state index in [0.717, 1.165) is 12.8 Å². The molecule has 0 spiro atoms. The number of carbonyl (C=O) groups is 1. The standard InChI is InChI=1S/C10H19Cl2NO/c1-4-8(5-2)9(14)13-10(3,6-11)7-12/h8H,4-7H2,1-3H3,(H,13,14). The molecule has 0 saturated carbocycles. The molecule has 0 heterocycles. The van der Waals surface area contributed by atoms with Crippen molar-refractivity contribution in [3.8, 4) is 0 Å². The van der Waals surface area contributed by atoms with Crippen molar-refractivity contribution in [1.29, 1.82) is 0 Å². The van der Waals surface area contributed by atoms with Crippen LogP contribution in [0, 0.1) is 5.92 Å². The Labute approximate surface area is 96.3 Å². The van der Waals surface area contributed by atoms with E-state index in [9.17, 15) is 4.79 Å². The molecule has 0 atom stereocenters. The topological polar surface area (TPSA) is 29.1 Å². The molecule has 0 saturated heterocycles. The molecule has 0 fully saturated rings. The highest BCUT2D eigenvalue weighted by Gasteiger charge is 2.26. The number of hydrogen-bond donors (Lipinski definition) is 1. The summed E-state index contributed by atoms with van der Waals surface area (Å²) < 4.78 is 0. The van der Waals surface area contributed by atoms with Crippen LogP contribution >= 0.6 is 23.2 Å². The van der Waals surface area contributed by atoms with Crippen molar-refractivity contribution in [2.45, 2.75) is 39.2 Å². The maximum absolute atomic E-state index is 11.7. The maximum Gasteiger partial charge on any atom is 0.223 e. The summed E-state index contributed by atoms with van der Waals surface area (Å²) in [6, 6.07) is 0. The van der Waals surface area contributed by atoms with Crippen LogP contribution in [-0.2, 0) is 4.79 Å². The SMILES string of the molecule is CCC(CC)C(=O)NC(C)(CCl)CCl. The molecule has 4 heteroatoms. The van der Waals surface area contributed by atoms with E-state index in [2.05, 4.69) is 5.32 Å². The lowest BCUT2D eigenvalue weighted by atomic mass is 10.00. The second kappa shape index (κ2) is 6.52. The van der Waals surface area contributed by atoms with Crippen LogP contribution in [0.2, 0.25) is 0 Å². The van der Waals surface area contributed by atoms with Crippen molar-refractivity contribution < 1.29 is 4.79 Å². The monoisotopic (exact) mass is 239 g/mol. The van der Waals surface area contributed by atoms with Crippen LogP contribution in [0.3, 0.4) is 0 Å². The molecule has 2 nitrogen and oxygen atoms in total. The van der Waals surface area contributed by atoms with E-state index >= 15 is 0 Å². The molecule has 84 valence electrons. The first-order valence-electron chi connectivity index (χ1n) is 4.97. The molecule has 0 aromatic heterocycles. The van der Waals surface area contributed by atoms with E-state index in [1.54, 1.807) is 0 Å². The van der Waals surface area contributed by atoms with Gasteiger partial charge in [0.1, 0.15) is 0 Å². The number of halogens is 2. The molecule has 0 aliphatic heterocycles. The molecule has 0 aliphatic rings. The molecule has 0 unspecified atom stereocenters. The fraction of sp³-hybridized carbons (Fsp3) is 0.900. The van der Waals surface area contributed by atoms with Gasteiger partial charge in [0, 0.05) is 17.7 Å². The van der Waals surface area contributed by atoms with Gasteiger partial charge in [0.25, 0.3) is 0 Å². The van der Waals surface area contributed by atoms with Crippen LogP contribution in [0.25, 0.3) is 0 Å². The predicted molar refractivity (Wildman–Crippen MR) is 62.1 cm³/mol. The summed E-state index contributed by atoms with van der Waals surface area (Å²) in [4.78, 5) is 11.7. The van der Waals surface area contributed by atoms with Crippen molar-refractivity contribution in [3.05, 3.63) is 0 Å². The van der Waals surface area contributed by atoms with Crippen molar-refractivity contribution in [1.82, 2.24) is 5.32 Å². The van der Waals surface area contributed by atoms with Gasteiger partial charge in [-0.25, -0.2) is 0 Å². The lowest BCUT2D eigenvalue weighted by Gasteiger charge is -2.28. The fourth-order valence-electron chi connectivity index (χ4n) is 1.16. The van der Waals surface area contributed by atoms with Crippen molar-refractivity contribution in [2.75, 3.05) is 11.8 Å². The number of nitrogens with one attached hydrogen (secondary N) is 1. The normalized spacial score (nSPS) is 11.9. The Kier molecular flexibility index (Phi) is 6.54. The van der Waals surface area contributed by atoms with Gasteiger partial charge < -0.3 is 5.32 Å². The second-order valence-electron chi connectivity index (χ2n) is 3.83. The number of rotatable bonds is 6. The van der Waals surface area contributed by atoms with E-state index in [0.29, 0.717) is 11.8 Å². The van der Waals surface area contributed by atoms with Crippen molar-refractivity contribution in [2.24, 2.45) is 5.92 Å². The number of amides is 1. The molecule has 0 radical (unpaired) electrons. The average Bonchev–Trinajstić information content (AvgIpc) is 2.19. The molecule has 0 bridgehead atoms. The van der Waals surface area contributed by atoms with Crippen LogP contribution in [0.1, 0.15) is 33.6 Å². The Morgan fingerprint density at radius 3 is 2.00 bits per heavy atom. The van der Waals surface area contributed by atoms with Gasteiger partial charge in [-0.1, -0.05) is 13.8 Å². The average molecular weight is 240 g/mol. The van der Waals surface area contributed by atoms with Crippen LogP contribution in [0.15, 0.2) is 0 Å². The summed E-state index contributed by atoms with van der Waals surface area (Å²) in [6.07, 6.45) is 1.70. The number of alkyl halides is 2. The molecule has 1 N–H and O–H groups in total. The maximum atomic E-state index is 11.7. The Morgan fingerprint density at radius 2 is 1.71 bits per heavy atom. The molecule has 1 amide bonds. The van der Waals surface area contributed by atoms with Crippen LogP contribution in [0.5, 0.6) is 0 Å². The summed E-state index contributed by atoms with van der Waals surface area (Å²) in [5, 5.41) is 2.89. The Balaban J connectivity index is 4.28. The Bertz CT molecular complexity index is 177. The van der Waals surface area contributed by atoms with Gasteiger partial charge in [0.05, 0.1) is 5.54 Å². The van der Waals surface area contributed by atoms with Crippen LogP contribution < -0.4 is 5.32 Å². The lowest BCUT2D eigenvalue weighted by molar-refractivity contribution is -0.126. The van der Waals surface area contributed by atoms with Gasteiger partial charge >= 0.3 is 0 Å². The van der Waals surface area contributed by atoms with Gasteiger partial charge in [-0.15, -0.1) is 23.2 Å². The molecule has 0 aromatic rings. The van der Waals surface area contributed by atoms with Gasteiger partial charge in [-0.3, -0.25) is 4.79 Å². The van der Waals surface area contributed by atoms with Gasteiger partial charge in [-0.05, 0) is 19.8 Å². The smallest absolute Gasteiger partial charge is 0.223 e. The first-order chi connectivity index (χ1) is 6.52. The highest BCUT2D eigenvalue weighted by atomic mass is 35.5.